The Labute approximate surface area is 251 Å². The molecular formula is C35H47N5O2. The molecule has 3 fully saturated rings. The van der Waals surface area contributed by atoms with E-state index in [1.807, 2.05) is 30.0 Å². The molecule has 2 atom stereocenters. The molecule has 3 aliphatic rings. The van der Waals surface area contributed by atoms with Gasteiger partial charge in [-0.1, -0.05) is 37.3 Å². The molecule has 2 saturated heterocycles. The third-order valence-corrected chi connectivity index (χ3v) is 9.77. The van der Waals surface area contributed by atoms with Gasteiger partial charge in [-0.05, 0) is 106 Å². The molecule has 7 heteroatoms. The van der Waals surface area contributed by atoms with Gasteiger partial charge in [0.05, 0.1) is 0 Å². The summed E-state index contributed by atoms with van der Waals surface area (Å²) < 4.78 is 0. The summed E-state index contributed by atoms with van der Waals surface area (Å²) in [7, 11) is 1.74. The molecule has 2 unspecified atom stereocenters. The summed E-state index contributed by atoms with van der Waals surface area (Å²) in [5.41, 5.74) is 11.4. The molecular weight excluding hydrogens is 522 g/mol. The summed E-state index contributed by atoms with van der Waals surface area (Å²) in [4.78, 5) is 35.3. The van der Waals surface area contributed by atoms with Crippen LogP contribution in [0, 0.1) is 18.8 Å². The Hall–Kier alpha value is -3.45. The molecule has 0 radical (unpaired) electrons. The number of aryl methyl sites for hydroxylation is 1. The first-order valence-electron chi connectivity index (χ1n) is 15.8. The Morgan fingerprint density at radius 3 is 2.24 bits per heavy atom. The van der Waals surface area contributed by atoms with Gasteiger partial charge in [0.1, 0.15) is 0 Å². The van der Waals surface area contributed by atoms with Crippen molar-refractivity contribution in [2.75, 3.05) is 38.5 Å². The van der Waals surface area contributed by atoms with Crippen LogP contribution in [0.3, 0.4) is 0 Å². The zero-order valence-corrected chi connectivity index (χ0v) is 25.5. The van der Waals surface area contributed by atoms with Crippen molar-refractivity contribution in [3.63, 3.8) is 0 Å². The molecule has 0 aromatic heterocycles. The number of benzene rings is 2. The second kappa shape index (κ2) is 13.7. The molecule has 2 aromatic carbocycles. The molecule has 5 rings (SSSR count). The number of rotatable bonds is 7. The average molecular weight is 570 g/mol. The standard InChI is InChI=1S/C35H47N5O2/c1-24-4-11-32(20-24)39-16-14-29(15-17-39)34(41)38-33-21-30(6-5-25(33)2)35(42)40-18-12-28(13-19-40)26-7-9-27(10-8-26)31(22-36)23-37-3/h5-10,21-24,28-29,32H,4,11-20,36H2,1-3H3,(H,38,41). The lowest BCUT2D eigenvalue weighted by molar-refractivity contribution is -0.121. The molecule has 1 saturated carbocycles. The van der Waals surface area contributed by atoms with Crippen LogP contribution < -0.4 is 11.1 Å². The van der Waals surface area contributed by atoms with Crippen molar-refractivity contribution in [3.8, 4) is 0 Å². The van der Waals surface area contributed by atoms with E-state index in [0.717, 1.165) is 80.2 Å². The predicted octanol–water partition coefficient (Wildman–Crippen LogP) is 5.85. The highest BCUT2D eigenvalue weighted by molar-refractivity contribution is 6.09. The molecule has 7 nitrogen and oxygen atoms in total. The van der Waals surface area contributed by atoms with E-state index in [0.29, 0.717) is 17.5 Å². The van der Waals surface area contributed by atoms with Gasteiger partial charge in [0.2, 0.25) is 5.91 Å². The van der Waals surface area contributed by atoms with E-state index in [2.05, 4.69) is 46.4 Å². The van der Waals surface area contributed by atoms with Gasteiger partial charge in [-0.15, -0.1) is 0 Å². The lowest BCUT2D eigenvalue weighted by Gasteiger charge is -2.35. The summed E-state index contributed by atoms with van der Waals surface area (Å²) in [6.07, 6.45) is 10.9. The number of amides is 2. The zero-order chi connectivity index (χ0) is 29.6. The monoisotopic (exact) mass is 569 g/mol. The number of nitrogens with zero attached hydrogens (tertiary/aromatic N) is 3. The number of likely N-dealkylation sites (tertiary alicyclic amines) is 2. The third-order valence-electron chi connectivity index (χ3n) is 9.77. The first-order valence-corrected chi connectivity index (χ1v) is 15.8. The molecule has 0 bridgehead atoms. The number of allylic oxidation sites excluding steroid dienone is 1. The summed E-state index contributed by atoms with van der Waals surface area (Å²) in [6.45, 7) is 7.79. The molecule has 3 N–H and O–H groups in total. The highest BCUT2D eigenvalue weighted by atomic mass is 16.2. The van der Waals surface area contributed by atoms with Crippen molar-refractivity contribution >= 4 is 29.3 Å². The maximum absolute atomic E-state index is 13.5. The van der Waals surface area contributed by atoms with Crippen molar-refractivity contribution in [1.29, 1.82) is 0 Å². The van der Waals surface area contributed by atoms with Crippen LogP contribution in [0.25, 0.3) is 5.57 Å². The normalized spacial score (nSPS) is 23.0. The highest BCUT2D eigenvalue weighted by Crippen LogP contribution is 2.33. The van der Waals surface area contributed by atoms with E-state index in [-0.39, 0.29) is 17.7 Å². The largest absolute Gasteiger partial charge is 0.404 e. The van der Waals surface area contributed by atoms with Crippen molar-refractivity contribution in [2.24, 2.45) is 22.6 Å². The number of anilines is 1. The van der Waals surface area contributed by atoms with E-state index in [4.69, 9.17) is 5.73 Å². The molecule has 42 heavy (non-hydrogen) atoms. The van der Waals surface area contributed by atoms with E-state index in [1.54, 1.807) is 19.5 Å². The molecule has 0 spiro atoms. The van der Waals surface area contributed by atoms with Gasteiger partial charge in [0, 0.05) is 61.3 Å². The first kappa shape index (κ1) is 30.0. The summed E-state index contributed by atoms with van der Waals surface area (Å²) >= 11 is 0. The predicted molar refractivity (Wildman–Crippen MR) is 172 cm³/mol. The Morgan fingerprint density at radius 1 is 0.929 bits per heavy atom. The van der Waals surface area contributed by atoms with E-state index < -0.39 is 0 Å². The maximum atomic E-state index is 13.5. The first-order chi connectivity index (χ1) is 20.4. The molecule has 2 aromatic rings. The van der Waals surface area contributed by atoms with Gasteiger partial charge in [-0.2, -0.15) is 0 Å². The molecule has 2 heterocycles. The number of carbonyl (C=O) groups excluding carboxylic acids is 2. The smallest absolute Gasteiger partial charge is 0.253 e. The quantitative estimate of drug-likeness (QED) is 0.409. The minimum absolute atomic E-state index is 0.0321. The van der Waals surface area contributed by atoms with Crippen LogP contribution in [0.1, 0.15) is 84.8 Å². The highest BCUT2D eigenvalue weighted by Gasteiger charge is 2.32. The van der Waals surface area contributed by atoms with E-state index in [1.165, 1.54) is 24.8 Å². The van der Waals surface area contributed by atoms with Crippen molar-refractivity contribution in [3.05, 3.63) is 70.9 Å². The Morgan fingerprint density at radius 2 is 1.62 bits per heavy atom. The van der Waals surface area contributed by atoms with Crippen LogP contribution >= 0.6 is 0 Å². The number of aliphatic imine (C=N–C) groups is 1. The minimum Gasteiger partial charge on any atom is -0.404 e. The van der Waals surface area contributed by atoms with Gasteiger partial charge in [-0.25, -0.2) is 0 Å². The molecule has 2 aliphatic heterocycles. The second-order valence-electron chi connectivity index (χ2n) is 12.6. The topological polar surface area (TPSA) is 91.0 Å². The zero-order valence-electron chi connectivity index (χ0n) is 25.5. The molecule has 224 valence electrons. The third kappa shape index (κ3) is 6.95. The van der Waals surface area contributed by atoms with Crippen LogP contribution in [-0.4, -0.2) is 67.1 Å². The van der Waals surface area contributed by atoms with E-state index >= 15 is 0 Å². The minimum atomic E-state index is 0.0321. The number of hydrogen-bond donors (Lipinski definition) is 2. The van der Waals surface area contributed by atoms with Gasteiger partial charge in [-0.3, -0.25) is 14.6 Å². The number of nitrogens with one attached hydrogen (secondary N) is 1. The summed E-state index contributed by atoms with van der Waals surface area (Å²) in [6, 6.07) is 14.9. The number of nitrogens with two attached hydrogens (primary N) is 1. The van der Waals surface area contributed by atoms with E-state index in [9.17, 15) is 9.59 Å². The molecule has 1 aliphatic carbocycles. The van der Waals surface area contributed by atoms with Gasteiger partial charge in [0.25, 0.3) is 5.91 Å². The average Bonchev–Trinajstić information content (AvgIpc) is 3.47. The van der Waals surface area contributed by atoms with Gasteiger partial charge in [0.15, 0.2) is 0 Å². The van der Waals surface area contributed by atoms with Crippen LogP contribution in [0.15, 0.2) is 53.7 Å². The molecule has 2 amide bonds. The Balaban J connectivity index is 1.14. The van der Waals surface area contributed by atoms with Crippen molar-refractivity contribution < 1.29 is 9.59 Å². The summed E-state index contributed by atoms with van der Waals surface area (Å²) in [5, 5.41) is 3.17. The lowest BCUT2D eigenvalue weighted by atomic mass is 9.88. The van der Waals surface area contributed by atoms with Crippen LogP contribution in [0.2, 0.25) is 0 Å². The Bertz CT molecular complexity index is 1300. The van der Waals surface area contributed by atoms with Crippen LogP contribution in [0.5, 0.6) is 0 Å². The Kier molecular flexibility index (Phi) is 9.78. The van der Waals surface area contributed by atoms with Gasteiger partial charge < -0.3 is 20.9 Å². The number of piperidine rings is 2. The SMILES string of the molecule is CN=CC(=CN)c1ccc(C2CCN(C(=O)c3ccc(C)c(NC(=O)C4CCN(C5CCC(C)C5)CC4)c3)CC2)cc1. The van der Waals surface area contributed by atoms with Crippen LogP contribution in [-0.2, 0) is 4.79 Å². The lowest BCUT2D eigenvalue weighted by Crippen LogP contribution is -2.42. The fourth-order valence-corrected chi connectivity index (χ4v) is 7.06. The van der Waals surface area contributed by atoms with Crippen molar-refractivity contribution in [2.45, 2.75) is 70.8 Å². The number of hydrogen-bond acceptors (Lipinski definition) is 5. The fraction of sp³-hybridized carbons (Fsp3) is 0.514. The van der Waals surface area contributed by atoms with Crippen LogP contribution in [0.4, 0.5) is 5.69 Å². The van der Waals surface area contributed by atoms with Gasteiger partial charge >= 0.3 is 0 Å². The fourth-order valence-electron chi connectivity index (χ4n) is 7.06. The second-order valence-corrected chi connectivity index (χ2v) is 12.6. The summed E-state index contributed by atoms with van der Waals surface area (Å²) in [5.74, 6) is 1.40. The number of carbonyl (C=O) groups is 2. The maximum Gasteiger partial charge on any atom is 0.253 e. The van der Waals surface area contributed by atoms with Crippen molar-refractivity contribution in [1.82, 2.24) is 9.80 Å².